The number of hydrogen-bond donors (Lipinski definition) is 1. The molecule has 0 spiro atoms. The molecule has 0 aliphatic carbocycles. The minimum absolute atomic E-state index is 0.338. The van der Waals surface area contributed by atoms with Gasteiger partial charge in [-0.3, -0.25) is 0 Å². The molecule has 0 aliphatic heterocycles. The highest BCUT2D eigenvalue weighted by Gasteiger charge is 2.11. The number of nitrogens with zero attached hydrogens (tertiary/aromatic N) is 2. The highest BCUT2D eigenvalue weighted by atomic mass is 16.5. The summed E-state index contributed by atoms with van der Waals surface area (Å²) in [6.45, 7) is 4.27. The molecule has 0 aliphatic rings. The molecule has 1 rings (SSSR count). The van der Waals surface area contributed by atoms with Crippen LogP contribution in [0.4, 0.5) is 0 Å². The molecule has 4 nitrogen and oxygen atoms in total. The van der Waals surface area contributed by atoms with Crippen molar-refractivity contribution < 1.29 is 9.84 Å². The number of aliphatic hydroxyl groups excluding tert-OH is 1. The van der Waals surface area contributed by atoms with Crippen LogP contribution < -0.4 is 4.74 Å². The van der Waals surface area contributed by atoms with Crippen molar-refractivity contribution in [3.8, 4) is 5.88 Å². The van der Waals surface area contributed by atoms with Crippen LogP contribution >= 0.6 is 0 Å². The van der Waals surface area contributed by atoms with Crippen LogP contribution in [0.1, 0.15) is 32.4 Å². The molecule has 0 amide bonds. The first-order valence-electron chi connectivity index (χ1n) is 5.68. The summed E-state index contributed by atoms with van der Waals surface area (Å²) in [5.41, 5.74) is 0.822. The van der Waals surface area contributed by atoms with E-state index in [1.54, 1.807) is 13.2 Å². The molecule has 2 atom stereocenters. The van der Waals surface area contributed by atoms with Gasteiger partial charge in [-0.15, -0.1) is 0 Å². The standard InChI is InChI=1S/C12H20N2O2/c1-4-9(2)5-11(15)6-10-7-12(16-3)14-8-13-10/h7-9,11,15H,4-6H2,1-3H3. The molecule has 1 aromatic rings. The van der Waals surface area contributed by atoms with Gasteiger partial charge in [0.2, 0.25) is 5.88 Å². The van der Waals surface area contributed by atoms with E-state index in [-0.39, 0.29) is 6.10 Å². The Morgan fingerprint density at radius 2 is 2.19 bits per heavy atom. The van der Waals surface area contributed by atoms with Crippen LogP contribution in [0.2, 0.25) is 0 Å². The van der Waals surface area contributed by atoms with E-state index in [4.69, 9.17) is 4.74 Å². The third kappa shape index (κ3) is 4.14. The number of rotatable bonds is 6. The van der Waals surface area contributed by atoms with E-state index in [1.807, 2.05) is 0 Å². The summed E-state index contributed by atoms with van der Waals surface area (Å²) in [6.07, 6.45) is 3.58. The zero-order valence-electron chi connectivity index (χ0n) is 10.2. The van der Waals surface area contributed by atoms with Gasteiger partial charge < -0.3 is 9.84 Å². The van der Waals surface area contributed by atoms with Crippen molar-refractivity contribution >= 4 is 0 Å². The van der Waals surface area contributed by atoms with Crippen molar-refractivity contribution in [2.45, 2.75) is 39.2 Å². The van der Waals surface area contributed by atoms with Crippen molar-refractivity contribution in [3.05, 3.63) is 18.1 Å². The molecule has 1 N–H and O–H groups in total. The maximum absolute atomic E-state index is 9.87. The summed E-state index contributed by atoms with van der Waals surface area (Å²) in [5, 5.41) is 9.87. The highest BCUT2D eigenvalue weighted by molar-refractivity contribution is 5.13. The van der Waals surface area contributed by atoms with Crippen molar-refractivity contribution in [1.82, 2.24) is 9.97 Å². The molecule has 0 radical (unpaired) electrons. The minimum atomic E-state index is -0.338. The third-order valence-electron chi connectivity index (χ3n) is 2.72. The van der Waals surface area contributed by atoms with Crippen LogP contribution in [0.15, 0.2) is 12.4 Å². The zero-order valence-corrected chi connectivity index (χ0v) is 10.2. The van der Waals surface area contributed by atoms with E-state index in [9.17, 15) is 5.11 Å². The van der Waals surface area contributed by atoms with Gasteiger partial charge in [0.25, 0.3) is 0 Å². The highest BCUT2D eigenvalue weighted by Crippen LogP contribution is 2.14. The number of methoxy groups -OCH3 is 1. The van der Waals surface area contributed by atoms with Crippen LogP contribution in [-0.2, 0) is 6.42 Å². The van der Waals surface area contributed by atoms with Gasteiger partial charge in [-0.05, 0) is 12.3 Å². The van der Waals surface area contributed by atoms with Gasteiger partial charge in [0, 0.05) is 12.5 Å². The Balaban J connectivity index is 2.51. The zero-order chi connectivity index (χ0) is 12.0. The van der Waals surface area contributed by atoms with E-state index < -0.39 is 0 Å². The average Bonchev–Trinajstić information content (AvgIpc) is 2.28. The largest absolute Gasteiger partial charge is 0.481 e. The van der Waals surface area contributed by atoms with Gasteiger partial charge in [-0.1, -0.05) is 20.3 Å². The van der Waals surface area contributed by atoms with Gasteiger partial charge in [0.1, 0.15) is 6.33 Å². The molecular formula is C12H20N2O2. The lowest BCUT2D eigenvalue weighted by Gasteiger charge is -2.14. The Labute approximate surface area is 96.7 Å². The molecule has 0 bridgehead atoms. The van der Waals surface area contributed by atoms with E-state index >= 15 is 0 Å². The molecule has 1 heterocycles. The topological polar surface area (TPSA) is 55.2 Å². The smallest absolute Gasteiger partial charge is 0.216 e. The fraction of sp³-hybridized carbons (Fsp3) is 0.667. The Morgan fingerprint density at radius 3 is 2.81 bits per heavy atom. The molecule has 90 valence electrons. The van der Waals surface area contributed by atoms with Gasteiger partial charge >= 0.3 is 0 Å². The summed E-state index contributed by atoms with van der Waals surface area (Å²) in [5.74, 6) is 1.08. The van der Waals surface area contributed by atoms with E-state index in [1.165, 1.54) is 6.33 Å². The second kappa shape index (κ2) is 6.43. The number of ether oxygens (including phenoxy) is 1. The first-order valence-corrected chi connectivity index (χ1v) is 5.68. The predicted octanol–water partition coefficient (Wildman–Crippen LogP) is 1.82. The first-order chi connectivity index (χ1) is 7.65. The monoisotopic (exact) mass is 224 g/mol. The van der Waals surface area contributed by atoms with Gasteiger partial charge in [0.05, 0.1) is 18.9 Å². The van der Waals surface area contributed by atoms with Gasteiger partial charge in [-0.2, -0.15) is 0 Å². The van der Waals surface area contributed by atoms with Crippen LogP contribution in [0.5, 0.6) is 5.88 Å². The lowest BCUT2D eigenvalue weighted by atomic mass is 9.98. The Bertz CT molecular complexity index is 318. The lowest BCUT2D eigenvalue weighted by Crippen LogP contribution is -2.15. The molecule has 2 unspecified atom stereocenters. The first kappa shape index (κ1) is 12.9. The summed E-state index contributed by atoms with van der Waals surface area (Å²) in [4.78, 5) is 8.04. The van der Waals surface area contributed by atoms with E-state index in [0.29, 0.717) is 18.2 Å². The molecule has 1 aromatic heterocycles. The number of aliphatic hydroxyl groups is 1. The van der Waals surface area contributed by atoms with Crippen LogP contribution in [0.3, 0.4) is 0 Å². The van der Waals surface area contributed by atoms with E-state index in [2.05, 4.69) is 23.8 Å². The summed E-state index contributed by atoms with van der Waals surface area (Å²) in [6, 6.07) is 1.76. The van der Waals surface area contributed by atoms with Crippen LogP contribution in [-0.4, -0.2) is 28.3 Å². The molecule has 0 saturated carbocycles. The Kier molecular flexibility index (Phi) is 5.19. The van der Waals surface area contributed by atoms with Gasteiger partial charge in [-0.25, -0.2) is 9.97 Å². The Hall–Kier alpha value is -1.16. The fourth-order valence-electron chi connectivity index (χ4n) is 1.56. The minimum Gasteiger partial charge on any atom is -0.481 e. The van der Waals surface area contributed by atoms with Crippen molar-refractivity contribution in [1.29, 1.82) is 0 Å². The lowest BCUT2D eigenvalue weighted by molar-refractivity contribution is 0.143. The quantitative estimate of drug-likeness (QED) is 0.801. The predicted molar refractivity (Wildman–Crippen MR) is 62.4 cm³/mol. The second-order valence-electron chi connectivity index (χ2n) is 4.16. The number of hydrogen-bond acceptors (Lipinski definition) is 4. The molecular weight excluding hydrogens is 204 g/mol. The maximum Gasteiger partial charge on any atom is 0.216 e. The average molecular weight is 224 g/mol. The molecule has 0 aromatic carbocycles. The third-order valence-corrected chi connectivity index (χ3v) is 2.72. The molecule has 0 fully saturated rings. The number of aromatic nitrogens is 2. The van der Waals surface area contributed by atoms with Crippen molar-refractivity contribution in [3.63, 3.8) is 0 Å². The summed E-state index contributed by atoms with van der Waals surface area (Å²) < 4.78 is 5.01. The second-order valence-corrected chi connectivity index (χ2v) is 4.16. The summed E-state index contributed by atoms with van der Waals surface area (Å²) in [7, 11) is 1.57. The van der Waals surface area contributed by atoms with Crippen molar-refractivity contribution in [2.75, 3.05) is 7.11 Å². The van der Waals surface area contributed by atoms with Crippen LogP contribution in [0, 0.1) is 5.92 Å². The van der Waals surface area contributed by atoms with E-state index in [0.717, 1.165) is 18.5 Å². The normalized spacial score (nSPS) is 14.5. The molecule has 16 heavy (non-hydrogen) atoms. The molecule has 4 heteroatoms. The maximum atomic E-state index is 9.87. The molecule has 0 saturated heterocycles. The summed E-state index contributed by atoms with van der Waals surface area (Å²) >= 11 is 0. The van der Waals surface area contributed by atoms with Gasteiger partial charge in [0.15, 0.2) is 0 Å². The fourth-order valence-corrected chi connectivity index (χ4v) is 1.56. The SMILES string of the molecule is CCC(C)CC(O)Cc1cc(OC)ncn1. The Morgan fingerprint density at radius 1 is 1.44 bits per heavy atom. The van der Waals surface area contributed by atoms with Crippen LogP contribution in [0.25, 0.3) is 0 Å². The van der Waals surface area contributed by atoms with Crippen molar-refractivity contribution in [2.24, 2.45) is 5.92 Å².